The van der Waals surface area contributed by atoms with Gasteiger partial charge < -0.3 is 0 Å². The highest BCUT2D eigenvalue weighted by atomic mass is 15.2. The molecule has 3 rings (SSSR count). The third-order valence-corrected chi connectivity index (χ3v) is 4.07. The van der Waals surface area contributed by atoms with Gasteiger partial charge in [0.1, 0.15) is 0 Å². The van der Waals surface area contributed by atoms with Gasteiger partial charge in [0, 0.05) is 6.04 Å². The topological polar surface area (TPSA) is 3.24 Å². The van der Waals surface area contributed by atoms with Crippen molar-refractivity contribution in [1.82, 2.24) is 4.90 Å². The van der Waals surface area contributed by atoms with Gasteiger partial charge in [-0.3, -0.25) is 4.90 Å². The molecule has 2 saturated heterocycles. The number of benzene rings is 1. The molecule has 0 amide bonds. The minimum absolute atomic E-state index is 0.808. The van der Waals surface area contributed by atoms with Crippen LogP contribution in [0.1, 0.15) is 37.2 Å². The van der Waals surface area contributed by atoms with Crippen LogP contribution in [0.15, 0.2) is 30.3 Å². The van der Waals surface area contributed by atoms with Gasteiger partial charge in [0.2, 0.25) is 0 Å². The van der Waals surface area contributed by atoms with Crippen molar-refractivity contribution in [2.45, 2.75) is 37.6 Å². The molecule has 0 saturated carbocycles. The van der Waals surface area contributed by atoms with Crippen molar-refractivity contribution in [2.24, 2.45) is 0 Å². The Morgan fingerprint density at radius 1 is 0.933 bits per heavy atom. The van der Waals surface area contributed by atoms with Gasteiger partial charge in [0.05, 0.1) is 0 Å². The summed E-state index contributed by atoms with van der Waals surface area (Å²) in [6, 6.07) is 12.0. The minimum atomic E-state index is 0.808. The van der Waals surface area contributed by atoms with E-state index < -0.39 is 0 Å². The zero-order valence-corrected chi connectivity index (χ0v) is 9.23. The summed E-state index contributed by atoms with van der Waals surface area (Å²) in [6.07, 6.45) is 5.61. The summed E-state index contributed by atoms with van der Waals surface area (Å²) < 4.78 is 0. The third-order valence-electron chi connectivity index (χ3n) is 4.07. The van der Waals surface area contributed by atoms with Crippen LogP contribution in [0.3, 0.4) is 0 Å². The Labute approximate surface area is 92.1 Å². The van der Waals surface area contributed by atoms with Gasteiger partial charge in [-0.05, 0) is 50.3 Å². The molecule has 0 aliphatic carbocycles. The summed E-state index contributed by atoms with van der Waals surface area (Å²) >= 11 is 0. The Morgan fingerprint density at radius 2 is 1.67 bits per heavy atom. The van der Waals surface area contributed by atoms with Gasteiger partial charge in [0.15, 0.2) is 0 Å². The summed E-state index contributed by atoms with van der Waals surface area (Å²) in [5, 5.41) is 0. The molecule has 1 heteroatoms. The van der Waals surface area contributed by atoms with E-state index in [1.165, 1.54) is 38.8 Å². The molecule has 1 aromatic carbocycles. The van der Waals surface area contributed by atoms with Gasteiger partial charge in [-0.1, -0.05) is 30.3 Å². The first-order valence-electron chi connectivity index (χ1n) is 6.24. The van der Waals surface area contributed by atoms with E-state index in [1.54, 1.807) is 5.56 Å². The van der Waals surface area contributed by atoms with Crippen LogP contribution in [0.25, 0.3) is 0 Å². The molecule has 80 valence electrons. The van der Waals surface area contributed by atoms with E-state index in [4.69, 9.17) is 0 Å². The van der Waals surface area contributed by atoms with Crippen LogP contribution in [-0.4, -0.2) is 24.0 Å². The Morgan fingerprint density at radius 3 is 2.47 bits per heavy atom. The van der Waals surface area contributed by atoms with Gasteiger partial charge in [-0.25, -0.2) is 0 Å². The van der Waals surface area contributed by atoms with Crippen LogP contribution in [0.4, 0.5) is 0 Å². The van der Waals surface area contributed by atoms with E-state index in [-0.39, 0.29) is 0 Å². The van der Waals surface area contributed by atoms with Crippen molar-refractivity contribution in [3.05, 3.63) is 35.9 Å². The normalized spacial score (nSPS) is 31.5. The maximum absolute atomic E-state index is 2.71. The van der Waals surface area contributed by atoms with Crippen molar-refractivity contribution in [1.29, 1.82) is 0 Å². The highest BCUT2D eigenvalue weighted by Crippen LogP contribution is 2.37. The predicted molar refractivity (Wildman–Crippen MR) is 63.0 cm³/mol. The van der Waals surface area contributed by atoms with E-state index >= 15 is 0 Å². The molecule has 2 heterocycles. The number of rotatable bonds is 1. The molecule has 0 bridgehead atoms. The molecule has 0 radical (unpaired) electrons. The molecule has 1 aromatic rings. The number of piperidine rings is 1. The number of fused-ring (bicyclic) bond motifs is 1. The van der Waals surface area contributed by atoms with Crippen molar-refractivity contribution in [3.63, 3.8) is 0 Å². The van der Waals surface area contributed by atoms with Gasteiger partial charge in [-0.15, -0.1) is 0 Å². The number of hydrogen-bond donors (Lipinski definition) is 0. The number of hydrogen-bond acceptors (Lipinski definition) is 1. The van der Waals surface area contributed by atoms with Crippen LogP contribution in [0, 0.1) is 0 Å². The Hall–Kier alpha value is -0.820. The summed E-state index contributed by atoms with van der Waals surface area (Å²) in [5.74, 6) is 0.808. The van der Waals surface area contributed by atoms with E-state index in [1.807, 2.05) is 0 Å². The molecular formula is C14H19N. The summed E-state index contributed by atoms with van der Waals surface area (Å²) in [5.41, 5.74) is 1.56. The predicted octanol–water partition coefficient (Wildman–Crippen LogP) is 3.03. The minimum Gasteiger partial charge on any atom is -0.300 e. The summed E-state index contributed by atoms with van der Waals surface area (Å²) in [6.45, 7) is 2.68. The number of nitrogens with zero attached hydrogens (tertiary/aromatic N) is 1. The fourth-order valence-corrected chi connectivity index (χ4v) is 3.38. The van der Waals surface area contributed by atoms with Gasteiger partial charge in [0.25, 0.3) is 0 Å². The van der Waals surface area contributed by atoms with Crippen molar-refractivity contribution < 1.29 is 0 Å². The average Bonchev–Trinajstić information content (AvgIpc) is 2.78. The first-order chi connectivity index (χ1) is 7.45. The van der Waals surface area contributed by atoms with E-state index in [2.05, 4.69) is 35.2 Å². The molecule has 2 aliphatic rings. The summed E-state index contributed by atoms with van der Waals surface area (Å²) in [4.78, 5) is 2.71. The largest absolute Gasteiger partial charge is 0.300 e. The van der Waals surface area contributed by atoms with Crippen LogP contribution in [0.2, 0.25) is 0 Å². The molecule has 2 aliphatic heterocycles. The second-order valence-electron chi connectivity index (χ2n) is 4.90. The Bertz CT molecular complexity index is 319. The van der Waals surface area contributed by atoms with E-state index in [0.29, 0.717) is 0 Å². The zero-order valence-electron chi connectivity index (χ0n) is 9.23. The van der Waals surface area contributed by atoms with Crippen LogP contribution in [-0.2, 0) is 0 Å². The Kier molecular flexibility index (Phi) is 2.49. The smallest absolute Gasteiger partial charge is 0.0164 e. The molecule has 15 heavy (non-hydrogen) atoms. The maximum Gasteiger partial charge on any atom is 0.0164 e. The molecule has 0 N–H and O–H groups in total. The van der Waals surface area contributed by atoms with Crippen molar-refractivity contribution in [3.8, 4) is 0 Å². The monoisotopic (exact) mass is 201 g/mol. The van der Waals surface area contributed by atoms with Gasteiger partial charge >= 0.3 is 0 Å². The molecular weight excluding hydrogens is 182 g/mol. The molecule has 2 fully saturated rings. The first kappa shape index (κ1) is 9.41. The van der Waals surface area contributed by atoms with E-state index in [9.17, 15) is 0 Å². The Balaban J connectivity index is 1.85. The lowest BCUT2D eigenvalue weighted by Crippen LogP contribution is -2.39. The summed E-state index contributed by atoms with van der Waals surface area (Å²) in [7, 11) is 0. The van der Waals surface area contributed by atoms with Crippen LogP contribution < -0.4 is 0 Å². The van der Waals surface area contributed by atoms with Crippen molar-refractivity contribution in [2.75, 3.05) is 13.1 Å². The standard InChI is InChI=1S/C14H19N/c1-2-6-12(7-3-1)13-8-4-10-15-11-5-9-14(13)15/h1-3,6-7,13-14H,4-5,8-11H2/t13-,14-/m0/s1. The average molecular weight is 201 g/mol. The molecule has 0 spiro atoms. The van der Waals surface area contributed by atoms with Crippen LogP contribution >= 0.6 is 0 Å². The quantitative estimate of drug-likeness (QED) is 0.675. The lowest BCUT2D eigenvalue weighted by Gasteiger charge is -2.37. The second-order valence-corrected chi connectivity index (χ2v) is 4.90. The SMILES string of the molecule is c1ccc([C@@H]2CCCN3CCC[C@@H]23)cc1. The fraction of sp³-hybridized carbons (Fsp3) is 0.571. The molecule has 0 unspecified atom stereocenters. The van der Waals surface area contributed by atoms with Gasteiger partial charge in [-0.2, -0.15) is 0 Å². The maximum atomic E-state index is 2.71. The third kappa shape index (κ3) is 1.69. The van der Waals surface area contributed by atoms with Crippen molar-refractivity contribution >= 4 is 0 Å². The van der Waals surface area contributed by atoms with Crippen LogP contribution in [0.5, 0.6) is 0 Å². The molecule has 2 atom stereocenters. The first-order valence-corrected chi connectivity index (χ1v) is 6.24. The molecule has 1 nitrogen and oxygen atoms in total. The molecule has 0 aromatic heterocycles. The van der Waals surface area contributed by atoms with E-state index in [0.717, 1.165) is 12.0 Å². The second kappa shape index (κ2) is 3.97. The lowest BCUT2D eigenvalue weighted by atomic mass is 9.83. The highest BCUT2D eigenvalue weighted by Gasteiger charge is 2.34. The zero-order chi connectivity index (χ0) is 10.1. The highest BCUT2D eigenvalue weighted by molar-refractivity contribution is 5.22. The fourth-order valence-electron chi connectivity index (χ4n) is 3.38. The lowest BCUT2D eigenvalue weighted by molar-refractivity contribution is 0.172.